The predicted octanol–water partition coefficient (Wildman–Crippen LogP) is 3.27. The molecule has 1 aliphatic heterocycles. The Morgan fingerprint density at radius 1 is 1.50 bits per heavy atom. The van der Waals surface area contributed by atoms with Crippen molar-refractivity contribution < 1.29 is 0 Å². The Morgan fingerprint density at radius 3 is 3.25 bits per heavy atom. The van der Waals surface area contributed by atoms with Gasteiger partial charge in [-0.15, -0.1) is 0 Å². The molecule has 1 aromatic rings. The third-order valence-electron chi connectivity index (χ3n) is 4.30. The Hall–Kier alpha value is -1.03. The van der Waals surface area contributed by atoms with Crippen LogP contribution in [0.4, 0.5) is 0 Å². The number of amidine groups is 1. The van der Waals surface area contributed by atoms with E-state index in [1.807, 2.05) is 30.1 Å². The highest BCUT2D eigenvalue weighted by atomic mass is 32.2. The van der Waals surface area contributed by atoms with Crippen molar-refractivity contribution in [2.24, 2.45) is 10.9 Å². The molecule has 2 fully saturated rings. The second-order valence-electron chi connectivity index (χ2n) is 6.15. The first-order valence-electron chi connectivity index (χ1n) is 7.61. The van der Waals surface area contributed by atoms with E-state index in [2.05, 4.69) is 23.3 Å². The minimum absolute atomic E-state index is 0.339. The molecule has 4 heteroatoms. The first-order chi connectivity index (χ1) is 9.76. The highest BCUT2D eigenvalue weighted by Gasteiger charge is 2.40. The van der Waals surface area contributed by atoms with Gasteiger partial charge in [-0.05, 0) is 30.9 Å². The molecule has 1 aromatic heterocycles. The Bertz CT molecular complexity index is 474. The standard InChI is InChI=1S/C16H23N3S/c1-13-5-4-8-16(11-13)12-20-15(19-16)18-10-7-14-6-2-3-9-17-14/h2-3,6,9,13H,4-5,7-8,10-12H2,1H3,(H,18,19). The van der Waals surface area contributed by atoms with E-state index in [-0.39, 0.29) is 0 Å². The maximum absolute atomic E-state index is 4.72. The molecule has 3 nitrogen and oxygen atoms in total. The van der Waals surface area contributed by atoms with Gasteiger partial charge in [-0.1, -0.05) is 37.6 Å². The fourth-order valence-electron chi connectivity index (χ4n) is 3.31. The molecule has 2 unspecified atom stereocenters. The van der Waals surface area contributed by atoms with Gasteiger partial charge in [-0.3, -0.25) is 9.98 Å². The van der Waals surface area contributed by atoms with E-state index < -0.39 is 0 Å². The van der Waals surface area contributed by atoms with Crippen molar-refractivity contribution in [3.05, 3.63) is 30.1 Å². The molecule has 0 bridgehead atoms. The molecule has 2 heterocycles. The quantitative estimate of drug-likeness (QED) is 0.928. The number of aliphatic imine (C=N–C) groups is 1. The van der Waals surface area contributed by atoms with Crippen LogP contribution >= 0.6 is 11.8 Å². The lowest BCUT2D eigenvalue weighted by atomic mass is 9.78. The Balaban J connectivity index is 1.53. The molecule has 1 aliphatic carbocycles. The number of aromatic nitrogens is 1. The fourth-order valence-corrected chi connectivity index (χ4v) is 4.53. The normalized spacial score (nSPS) is 31.6. The fraction of sp³-hybridized carbons (Fsp3) is 0.625. The minimum atomic E-state index is 0.339. The van der Waals surface area contributed by atoms with Gasteiger partial charge in [0, 0.05) is 36.1 Å². The molecule has 1 saturated heterocycles. The predicted molar refractivity (Wildman–Crippen MR) is 86.2 cm³/mol. The molecule has 2 aliphatic rings. The lowest BCUT2D eigenvalue weighted by Crippen LogP contribution is -2.47. The van der Waals surface area contributed by atoms with Crippen LogP contribution < -0.4 is 5.32 Å². The van der Waals surface area contributed by atoms with E-state index in [1.54, 1.807) is 0 Å². The van der Waals surface area contributed by atoms with E-state index in [4.69, 9.17) is 4.99 Å². The molecule has 0 aromatic carbocycles. The molecule has 0 amide bonds. The van der Waals surface area contributed by atoms with Crippen molar-refractivity contribution in [1.29, 1.82) is 0 Å². The topological polar surface area (TPSA) is 37.3 Å². The zero-order chi connectivity index (χ0) is 13.8. The molecular formula is C16H23N3S. The summed E-state index contributed by atoms with van der Waals surface area (Å²) in [4.78, 5) is 9.06. The van der Waals surface area contributed by atoms with Crippen molar-refractivity contribution in [2.75, 3.05) is 12.3 Å². The summed E-state index contributed by atoms with van der Waals surface area (Å²) >= 11 is 1.90. The Labute approximate surface area is 125 Å². The molecule has 2 atom stereocenters. The first-order valence-corrected chi connectivity index (χ1v) is 8.60. The van der Waals surface area contributed by atoms with Crippen LogP contribution in [0.2, 0.25) is 0 Å². The zero-order valence-electron chi connectivity index (χ0n) is 12.1. The zero-order valence-corrected chi connectivity index (χ0v) is 13.0. The largest absolute Gasteiger partial charge is 0.359 e. The van der Waals surface area contributed by atoms with Crippen molar-refractivity contribution in [3.63, 3.8) is 0 Å². The first kappa shape index (κ1) is 13.9. The summed E-state index contributed by atoms with van der Waals surface area (Å²) in [6.45, 7) is 3.21. The van der Waals surface area contributed by atoms with Gasteiger partial charge in [0.2, 0.25) is 0 Å². The van der Waals surface area contributed by atoms with Gasteiger partial charge in [0.1, 0.15) is 0 Å². The highest BCUT2D eigenvalue weighted by Crippen LogP contribution is 2.38. The lowest BCUT2D eigenvalue weighted by molar-refractivity contribution is 0.242. The smallest absolute Gasteiger partial charge is 0.157 e. The van der Waals surface area contributed by atoms with Gasteiger partial charge in [0.15, 0.2) is 5.17 Å². The average Bonchev–Trinajstić information content (AvgIpc) is 2.82. The van der Waals surface area contributed by atoms with E-state index in [9.17, 15) is 0 Å². The van der Waals surface area contributed by atoms with E-state index in [1.165, 1.54) is 31.4 Å². The van der Waals surface area contributed by atoms with Crippen LogP contribution in [0.25, 0.3) is 0 Å². The third-order valence-corrected chi connectivity index (χ3v) is 5.50. The summed E-state index contributed by atoms with van der Waals surface area (Å²) in [6.07, 6.45) is 8.14. The van der Waals surface area contributed by atoms with Gasteiger partial charge >= 0.3 is 0 Å². The van der Waals surface area contributed by atoms with Gasteiger partial charge in [0.25, 0.3) is 0 Å². The number of hydrogen-bond donors (Lipinski definition) is 1. The van der Waals surface area contributed by atoms with Gasteiger partial charge < -0.3 is 5.32 Å². The summed E-state index contributed by atoms with van der Waals surface area (Å²) in [5, 5.41) is 4.86. The molecule has 20 heavy (non-hydrogen) atoms. The van der Waals surface area contributed by atoms with E-state index in [0.29, 0.717) is 5.54 Å². The van der Waals surface area contributed by atoms with Crippen molar-refractivity contribution in [1.82, 2.24) is 10.3 Å². The summed E-state index contributed by atoms with van der Waals surface area (Å²) in [7, 11) is 0. The maximum atomic E-state index is 4.72. The third kappa shape index (κ3) is 3.35. The van der Waals surface area contributed by atoms with E-state index >= 15 is 0 Å². The number of rotatable bonds is 3. The maximum Gasteiger partial charge on any atom is 0.157 e. The number of nitrogens with zero attached hydrogens (tertiary/aromatic N) is 2. The van der Waals surface area contributed by atoms with Crippen LogP contribution in [0.1, 0.15) is 38.3 Å². The molecule has 1 saturated carbocycles. The summed E-state index contributed by atoms with van der Waals surface area (Å²) < 4.78 is 0. The number of pyridine rings is 1. The highest BCUT2D eigenvalue weighted by molar-refractivity contribution is 8.14. The van der Waals surface area contributed by atoms with Gasteiger partial charge in [0.05, 0.1) is 0 Å². The monoisotopic (exact) mass is 289 g/mol. The summed E-state index contributed by atoms with van der Waals surface area (Å²) in [5.74, 6) is 2.05. The van der Waals surface area contributed by atoms with Crippen LogP contribution in [-0.2, 0) is 6.42 Å². The summed E-state index contributed by atoms with van der Waals surface area (Å²) in [6, 6.07) is 6.06. The lowest BCUT2D eigenvalue weighted by Gasteiger charge is -2.36. The SMILES string of the molecule is CC1CCCC2(CSC(=NCCc3ccccn3)N2)C1. The molecular weight excluding hydrogens is 266 g/mol. The minimum Gasteiger partial charge on any atom is -0.359 e. The van der Waals surface area contributed by atoms with Gasteiger partial charge in [-0.25, -0.2) is 0 Å². The second kappa shape index (κ2) is 6.17. The van der Waals surface area contributed by atoms with E-state index in [0.717, 1.165) is 29.7 Å². The van der Waals surface area contributed by atoms with Crippen LogP contribution in [0.3, 0.4) is 0 Å². The van der Waals surface area contributed by atoms with Crippen molar-refractivity contribution in [3.8, 4) is 0 Å². The number of nitrogens with one attached hydrogen (secondary N) is 1. The van der Waals surface area contributed by atoms with Crippen LogP contribution in [0.5, 0.6) is 0 Å². The molecule has 0 radical (unpaired) electrons. The Morgan fingerprint density at radius 2 is 2.45 bits per heavy atom. The van der Waals surface area contributed by atoms with Crippen LogP contribution in [0, 0.1) is 5.92 Å². The molecule has 1 spiro atoms. The average molecular weight is 289 g/mol. The van der Waals surface area contributed by atoms with Crippen LogP contribution in [0.15, 0.2) is 29.4 Å². The molecule has 1 N–H and O–H groups in total. The summed E-state index contributed by atoms with van der Waals surface area (Å²) in [5.41, 5.74) is 1.47. The molecule has 108 valence electrons. The number of thioether (sulfide) groups is 1. The Kier molecular flexibility index (Phi) is 4.29. The van der Waals surface area contributed by atoms with Gasteiger partial charge in [-0.2, -0.15) is 0 Å². The van der Waals surface area contributed by atoms with Crippen LogP contribution in [-0.4, -0.2) is 28.0 Å². The van der Waals surface area contributed by atoms with Crippen molar-refractivity contribution in [2.45, 2.75) is 44.6 Å². The van der Waals surface area contributed by atoms with Crippen molar-refractivity contribution >= 4 is 16.9 Å². The second-order valence-corrected chi connectivity index (χ2v) is 7.12. The molecule has 3 rings (SSSR count). The number of hydrogen-bond acceptors (Lipinski definition) is 3.